The van der Waals surface area contributed by atoms with E-state index in [0.29, 0.717) is 5.56 Å². The Kier molecular flexibility index (Phi) is 9.71. The Morgan fingerprint density at radius 1 is 0.981 bits per heavy atom. The fourth-order valence-corrected chi connectivity index (χ4v) is 7.49. The lowest BCUT2D eigenvalue weighted by atomic mass is 9.75. The molecule has 0 amide bonds. The van der Waals surface area contributed by atoms with E-state index in [4.69, 9.17) is 13.9 Å². The topological polar surface area (TPSA) is 208 Å². The molecule has 3 aliphatic rings. The summed E-state index contributed by atoms with van der Waals surface area (Å²) in [5, 5.41) is 54.0. The third kappa shape index (κ3) is 6.03. The zero-order valence-corrected chi connectivity index (χ0v) is 30.3. The number of phenolic OH excluding ortho intramolecular Hbond substituents is 1. The number of ketones is 3. The van der Waals surface area contributed by atoms with Crippen molar-refractivity contribution in [3.8, 4) is 5.75 Å². The van der Waals surface area contributed by atoms with Gasteiger partial charge in [0.15, 0.2) is 17.0 Å². The van der Waals surface area contributed by atoms with E-state index in [2.05, 4.69) is 0 Å². The average Bonchev–Trinajstić information content (AvgIpc) is 3.82. The number of aryl methyl sites for hydroxylation is 1. The Morgan fingerprint density at radius 3 is 2.23 bits per heavy atom. The summed E-state index contributed by atoms with van der Waals surface area (Å²) in [7, 11) is 3.56. The monoisotopic (exact) mass is 719 g/mol. The summed E-state index contributed by atoms with van der Waals surface area (Å²) in [6.45, 7) is 9.83. The third-order valence-electron chi connectivity index (χ3n) is 11.2. The number of aliphatic hydroxyl groups excluding tert-OH is 4. The highest BCUT2D eigenvalue weighted by Crippen LogP contribution is 2.47. The minimum Gasteiger partial charge on any atom is -0.507 e. The first-order valence-electron chi connectivity index (χ1n) is 17.3. The van der Waals surface area contributed by atoms with Crippen LogP contribution in [0.1, 0.15) is 112 Å². The second-order valence-corrected chi connectivity index (χ2v) is 14.9. The molecule has 3 heterocycles. The van der Waals surface area contributed by atoms with Crippen LogP contribution in [0.5, 0.6) is 5.75 Å². The van der Waals surface area contributed by atoms with Gasteiger partial charge in [-0.2, -0.15) is 0 Å². The van der Waals surface area contributed by atoms with Crippen LogP contribution in [-0.2, 0) is 9.47 Å². The molecule has 2 aromatic carbocycles. The van der Waals surface area contributed by atoms with Gasteiger partial charge in [0.05, 0.1) is 59.2 Å². The van der Waals surface area contributed by atoms with Crippen LogP contribution in [0, 0.1) is 6.92 Å². The second kappa shape index (κ2) is 13.4. The van der Waals surface area contributed by atoms with Gasteiger partial charge in [-0.1, -0.05) is 6.92 Å². The molecule has 0 radical (unpaired) electrons. The molecule has 2 fully saturated rings. The molecule has 13 nitrogen and oxygen atoms in total. The summed E-state index contributed by atoms with van der Waals surface area (Å²) < 4.78 is 17.8. The number of likely N-dealkylation sites (N-methyl/N-ethyl adjacent to an activating group) is 1. The number of carbonyl (C=O) groups is 3. The Labute approximate surface area is 300 Å². The van der Waals surface area contributed by atoms with Gasteiger partial charge in [0, 0.05) is 39.8 Å². The molecule has 52 heavy (non-hydrogen) atoms. The van der Waals surface area contributed by atoms with Crippen molar-refractivity contribution >= 4 is 28.3 Å². The summed E-state index contributed by atoms with van der Waals surface area (Å²) in [4.78, 5) is 58.6. The van der Waals surface area contributed by atoms with Crippen LogP contribution in [0.25, 0.3) is 11.0 Å². The molecule has 2 unspecified atom stereocenters. The number of rotatable bonds is 9. The standard InChI is InChI=1S/C39H45NO12/c1-15-11-22-30(37-28(15)25(44)13-26(52-37)16(2)32(45)36-18(4)51-36)35(48)31-29(34(22)47)20(24(43)10-9-23(42)17(3)41)12-21(33(31)46)27-14-39(6,40(7)8)38(49)19(5)50-27/h9-13,16-19,23,27,32,36,38,41-42,45-46,49H,14H2,1-8H3/b10-9+/t16?,17-,18+,19+,23+,27-,32?,36-,38-,39+/m1/s1. The molecule has 1 aliphatic carbocycles. The zero-order chi connectivity index (χ0) is 38.3. The van der Waals surface area contributed by atoms with Crippen molar-refractivity contribution in [1.82, 2.24) is 4.90 Å². The number of fused-ring (bicyclic) bond motifs is 4. The lowest BCUT2D eigenvalue weighted by molar-refractivity contribution is -0.176. The van der Waals surface area contributed by atoms with Crippen molar-refractivity contribution < 1.29 is 53.8 Å². The molecule has 2 aliphatic heterocycles. The van der Waals surface area contributed by atoms with E-state index in [0.717, 1.165) is 12.2 Å². The van der Waals surface area contributed by atoms with Gasteiger partial charge in [-0.05, 0) is 85.0 Å². The number of hydrogen-bond donors (Lipinski definition) is 5. The van der Waals surface area contributed by atoms with Gasteiger partial charge in [0.25, 0.3) is 0 Å². The molecule has 0 bridgehead atoms. The SMILES string of the molecule is Cc1cc2c(c3oc(C(C)C(O)[C@@H]4O[C@H]4C)cc(=O)c13)C(=O)c1c(O)c([C@H]3C[C@](C)(N(C)C)[C@H](O)[C@H](C)O3)cc(C(=O)/C=C/[C@H](O)[C@@H](C)O)c1C2=O. The van der Waals surface area contributed by atoms with Gasteiger partial charge < -0.3 is 44.3 Å². The highest BCUT2D eigenvalue weighted by molar-refractivity contribution is 6.35. The van der Waals surface area contributed by atoms with Crippen molar-refractivity contribution in [2.75, 3.05) is 14.1 Å². The number of aromatic hydroxyl groups is 1. The van der Waals surface area contributed by atoms with Crippen molar-refractivity contribution in [3.63, 3.8) is 0 Å². The molecule has 2 saturated heterocycles. The van der Waals surface area contributed by atoms with Crippen molar-refractivity contribution in [1.29, 1.82) is 0 Å². The van der Waals surface area contributed by atoms with Crippen LogP contribution >= 0.6 is 0 Å². The third-order valence-corrected chi connectivity index (χ3v) is 11.2. The number of phenols is 1. The number of aliphatic hydroxyl groups is 4. The van der Waals surface area contributed by atoms with Crippen LogP contribution in [-0.4, -0.2) is 110 Å². The highest BCUT2D eigenvalue weighted by Gasteiger charge is 2.49. The first kappa shape index (κ1) is 37.7. The molecular formula is C39H45NO12. The van der Waals surface area contributed by atoms with Crippen LogP contribution in [0.15, 0.2) is 39.6 Å². The van der Waals surface area contributed by atoms with Gasteiger partial charge in [0.1, 0.15) is 23.2 Å². The lowest BCUT2D eigenvalue weighted by Gasteiger charge is -2.49. The Balaban J connectivity index is 1.59. The summed E-state index contributed by atoms with van der Waals surface area (Å²) in [6.07, 6.45) is -4.82. The fourth-order valence-electron chi connectivity index (χ4n) is 7.49. The second-order valence-electron chi connectivity index (χ2n) is 14.9. The van der Waals surface area contributed by atoms with Crippen LogP contribution in [0.4, 0.5) is 0 Å². The summed E-state index contributed by atoms with van der Waals surface area (Å²) >= 11 is 0. The Morgan fingerprint density at radius 2 is 1.63 bits per heavy atom. The zero-order valence-electron chi connectivity index (χ0n) is 30.3. The normalized spacial score (nSPS) is 28.1. The van der Waals surface area contributed by atoms with Gasteiger partial charge in [-0.15, -0.1) is 0 Å². The molecular weight excluding hydrogens is 674 g/mol. The molecule has 10 atom stereocenters. The average molecular weight is 720 g/mol. The van der Waals surface area contributed by atoms with Gasteiger partial charge >= 0.3 is 0 Å². The molecule has 0 spiro atoms. The van der Waals surface area contributed by atoms with Gasteiger partial charge in [-0.3, -0.25) is 19.2 Å². The maximum absolute atomic E-state index is 14.8. The Bertz CT molecular complexity index is 2080. The number of benzene rings is 2. The quantitative estimate of drug-likeness (QED) is 0.0960. The van der Waals surface area contributed by atoms with Crippen LogP contribution in [0.3, 0.4) is 0 Å². The molecule has 278 valence electrons. The van der Waals surface area contributed by atoms with Crippen molar-refractivity contribution in [3.05, 3.63) is 85.3 Å². The highest BCUT2D eigenvalue weighted by atomic mass is 16.6. The largest absolute Gasteiger partial charge is 0.507 e. The van der Waals surface area contributed by atoms with E-state index in [1.54, 1.807) is 41.8 Å². The maximum Gasteiger partial charge on any atom is 0.202 e. The van der Waals surface area contributed by atoms with E-state index in [1.807, 2.05) is 11.8 Å². The molecule has 3 aromatic rings. The summed E-state index contributed by atoms with van der Waals surface area (Å²) in [6, 6.07) is 3.90. The first-order valence-corrected chi connectivity index (χ1v) is 17.3. The predicted molar refractivity (Wildman–Crippen MR) is 188 cm³/mol. The van der Waals surface area contributed by atoms with Crippen LogP contribution < -0.4 is 5.43 Å². The number of epoxide rings is 1. The number of ether oxygens (including phenoxy) is 2. The number of hydrogen-bond acceptors (Lipinski definition) is 13. The smallest absolute Gasteiger partial charge is 0.202 e. The number of carbonyl (C=O) groups excluding carboxylic acids is 3. The van der Waals surface area contributed by atoms with E-state index in [9.17, 15) is 44.7 Å². The number of nitrogens with zero attached hydrogens (tertiary/aromatic N) is 1. The molecule has 6 rings (SSSR count). The summed E-state index contributed by atoms with van der Waals surface area (Å²) in [5.74, 6) is -3.76. The van der Waals surface area contributed by atoms with Gasteiger partial charge in [0.2, 0.25) is 5.78 Å². The van der Waals surface area contributed by atoms with Crippen LogP contribution in [0.2, 0.25) is 0 Å². The minimum atomic E-state index is -1.42. The number of allylic oxidation sites excluding steroid dienone is 1. The lowest BCUT2D eigenvalue weighted by Crippen LogP contribution is -2.59. The van der Waals surface area contributed by atoms with E-state index >= 15 is 0 Å². The molecule has 13 heteroatoms. The van der Waals surface area contributed by atoms with Crippen molar-refractivity contribution in [2.45, 2.75) is 108 Å². The maximum atomic E-state index is 14.8. The van der Waals surface area contributed by atoms with E-state index < -0.39 is 88.3 Å². The first-order chi connectivity index (χ1) is 24.3. The fraction of sp³-hybridized carbons (Fsp3) is 0.487. The predicted octanol–water partition coefficient (Wildman–Crippen LogP) is 2.85. The van der Waals surface area contributed by atoms with E-state index in [-0.39, 0.29) is 57.1 Å². The minimum absolute atomic E-state index is 0.0110. The molecule has 0 saturated carbocycles. The van der Waals surface area contributed by atoms with E-state index in [1.165, 1.54) is 25.1 Å². The molecule has 5 N–H and O–H groups in total. The summed E-state index contributed by atoms with van der Waals surface area (Å²) in [5.41, 5.74) is -2.84. The Hall–Kier alpha value is -4.08. The van der Waals surface area contributed by atoms with Crippen molar-refractivity contribution in [2.24, 2.45) is 0 Å². The van der Waals surface area contributed by atoms with Gasteiger partial charge in [-0.25, -0.2) is 0 Å². The molecule has 1 aromatic heterocycles.